The third-order valence-corrected chi connectivity index (χ3v) is 14.9. The second kappa shape index (κ2) is 46.0. The minimum atomic E-state index is -2.14. The van der Waals surface area contributed by atoms with Crippen molar-refractivity contribution in [2.24, 2.45) is 40.3 Å². The number of carboxylic acid groups (broad SMARTS) is 1. The fourth-order valence-corrected chi connectivity index (χ4v) is 9.32. The van der Waals surface area contributed by atoms with Gasteiger partial charge in [0.15, 0.2) is 0 Å². The number of phenolic OH excluding ortho intramolecular Hbond substituents is 1. The predicted octanol–water partition coefficient (Wildman–Crippen LogP) is -14.9. The number of amides is 20. The van der Waals surface area contributed by atoms with Crippen molar-refractivity contribution in [3.05, 3.63) is 29.8 Å². The summed E-state index contributed by atoms with van der Waals surface area (Å²) in [5.74, 6) is -27.4. The first-order valence-corrected chi connectivity index (χ1v) is 32.4. The molecule has 0 radical (unpaired) electrons. The monoisotopic (exact) mass is 1530 g/mol. The summed E-state index contributed by atoms with van der Waals surface area (Å²) in [6.07, 6.45) is -8.91. The van der Waals surface area contributed by atoms with Gasteiger partial charge in [-0.2, -0.15) is 12.6 Å². The van der Waals surface area contributed by atoms with Crippen LogP contribution in [-0.2, 0) is 107 Å². The Kier molecular flexibility index (Phi) is 39.9. The maximum atomic E-state index is 14.0. The average Bonchev–Trinajstić information content (AvgIpc) is 0.862. The van der Waals surface area contributed by atoms with E-state index in [2.05, 4.69) is 55.2 Å². The van der Waals surface area contributed by atoms with E-state index >= 15 is 0 Å². The largest absolute Gasteiger partial charge is 0.508 e. The van der Waals surface area contributed by atoms with Crippen molar-refractivity contribution in [1.29, 1.82) is 0 Å². The first-order valence-electron chi connectivity index (χ1n) is 31.8. The van der Waals surface area contributed by atoms with Gasteiger partial charge in [-0.05, 0) is 43.4 Å². The molecule has 1 aromatic rings. The summed E-state index contributed by atoms with van der Waals surface area (Å²) >= 11 is 3.93. The van der Waals surface area contributed by atoms with Crippen molar-refractivity contribution in [3.63, 3.8) is 0 Å². The number of phenols is 1. The first-order chi connectivity index (χ1) is 49.4. The van der Waals surface area contributed by atoms with E-state index in [1.807, 2.05) is 31.9 Å². The van der Waals surface area contributed by atoms with Gasteiger partial charge in [-0.15, -0.1) is 0 Å². The molecule has 0 aromatic heterocycles. The van der Waals surface area contributed by atoms with Gasteiger partial charge in [0.05, 0.1) is 58.1 Å². The summed E-state index contributed by atoms with van der Waals surface area (Å²) in [5.41, 5.74) is 32.2. The lowest BCUT2D eigenvalue weighted by Gasteiger charge is -2.28. The quantitative estimate of drug-likeness (QED) is 0.0269. The third kappa shape index (κ3) is 34.9. The lowest BCUT2D eigenvalue weighted by molar-refractivity contribution is -0.141. The molecule has 1 rings (SSSR count). The SMILES string of the molecule is CC(=O)N[C@@H](CC(=O)O)C(=O)N[C@H](C(=O)NCC(=O)N[C@@H](CC(N)=O)C(=O)N[C@@H](CC(N)=O)C(=O)N[C@@H](CO)C(=O)N[C@@H](CCC(N)=O)C(=O)N[C@H](C(=O)N[C@@H](CO)C(=O)N[C@@H](CCC(N)=O)C(=O)N[C@@H](CC(N)=O)C(=O)N[C@@H](Cc1ccc(O)cc1)C(=O)NCC(=O)N[C@@H](CS)C(N)=O)C(C)C)[C@@H](C)O. The maximum Gasteiger partial charge on any atom is 0.305 e. The number of aliphatic hydroxyl groups excluding tert-OH is 3. The predicted molar refractivity (Wildman–Crippen MR) is 361 cm³/mol. The fraction of sp³-hybridized carbons (Fsp3) is 0.542. The van der Waals surface area contributed by atoms with Crippen LogP contribution in [-0.4, -0.2) is 260 Å². The number of hydrogen-bond donors (Lipinski definition) is 26. The van der Waals surface area contributed by atoms with E-state index in [-0.39, 0.29) is 17.9 Å². The molecule has 0 aliphatic carbocycles. The van der Waals surface area contributed by atoms with E-state index in [9.17, 15) is 121 Å². The lowest BCUT2D eigenvalue weighted by Crippen LogP contribution is -2.62. The van der Waals surface area contributed by atoms with E-state index in [1.165, 1.54) is 38.1 Å². The van der Waals surface area contributed by atoms with Gasteiger partial charge in [0.2, 0.25) is 118 Å². The van der Waals surface area contributed by atoms with E-state index in [0.717, 1.165) is 13.8 Å². The Bertz CT molecular complexity index is 3400. The Morgan fingerprint density at radius 1 is 0.396 bits per heavy atom. The number of nitrogens with one attached hydrogen (secondary N) is 14. The molecule has 0 saturated carbocycles. The van der Waals surface area contributed by atoms with Gasteiger partial charge in [0, 0.05) is 31.9 Å². The van der Waals surface area contributed by atoms with Crippen LogP contribution in [0.3, 0.4) is 0 Å². The third-order valence-electron chi connectivity index (χ3n) is 14.5. The molecule has 47 heteroatoms. The molecular formula is C59H90N20O26S. The standard InChI is InChI=1S/C59H90N20O26S/c1-23(2)46(59(105)77-36(21-81)57(103)71-28(9-11-38(60)85)50(96)74-32(15-41(63)88)53(99)73-30(13-26-5-7-27(84)8-6-26)49(95)66-18-44(91)70-37(22-106)48(65)94)78-51(97)29(10-12-39(61)86)72-56(102)35(20-80)76-54(100)33(16-42(64)89)75-52(98)31(14-40(62)87)69-43(90)19-67-58(104)47(24(3)82)79-55(101)34(17-45(92)93)68-25(4)83/h5-8,23-24,28-37,46-47,80-82,84,106H,9-22H2,1-4H3,(H2,60,85)(H2,61,86)(H2,62,87)(H2,63,88)(H2,64,89)(H2,65,94)(H,66,95)(H,67,104)(H,68,83)(H,69,90)(H,70,91)(H,71,103)(H,72,102)(H,73,99)(H,74,96)(H,75,98)(H,76,100)(H,77,105)(H,78,97)(H,79,101)(H,92,93)/t24-,28+,29+,30+,31+,32+,33+,34+,35+,36+,37+,46+,47+/m1/s1. The van der Waals surface area contributed by atoms with Gasteiger partial charge in [0.1, 0.15) is 78.3 Å². The average molecular weight is 1530 g/mol. The van der Waals surface area contributed by atoms with E-state index < -0.39 is 286 Å². The molecule has 1 aromatic carbocycles. The van der Waals surface area contributed by atoms with E-state index in [1.54, 1.807) is 0 Å². The zero-order chi connectivity index (χ0) is 81.0. The summed E-state index contributed by atoms with van der Waals surface area (Å²) in [4.78, 5) is 271. The fourth-order valence-electron chi connectivity index (χ4n) is 9.05. The number of aliphatic hydroxyl groups is 3. The van der Waals surface area contributed by atoms with Crippen LogP contribution in [0.4, 0.5) is 0 Å². The van der Waals surface area contributed by atoms with Crippen molar-refractivity contribution in [3.8, 4) is 5.75 Å². The normalized spacial score (nSPS) is 14.5. The topological polar surface area (TPSA) is 784 Å². The Morgan fingerprint density at radius 3 is 1.11 bits per heavy atom. The summed E-state index contributed by atoms with van der Waals surface area (Å²) in [7, 11) is 0. The number of rotatable bonds is 49. The molecule has 0 unspecified atom stereocenters. The van der Waals surface area contributed by atoms with Crippen molar-refractivity contribution >= 4 is 137 Å². The summed E-state index contributed by atoms with van der Waals surface area (Å²) in [6, 6.07) is -17.3. The van der Waals surface area contributed by atoms with Crippen molar-refractivity contribution in [2.45, 2.75) is 164 Å². The van der Waals surface area contributed by atoms with Crippen molar-refractivity contribution < 1.29 is 126 Å². The van der Waals surface area contributed by atoms with Crippen LogP contribution in [0.15, 0.2) is 24.3 Å². The number of aromatic hydroxyl groups is 1. The van der Waals surface area contributed by atoms with Crippen LogP contribution in [0.1, 0.15) is 84.6 Å². The number of benzene rings is 1. The number of carbonyl (C=O) groups is 21. The molecule has 13 atom stereocenters. The zero-order valence-electron chi connectivity index (χ0n) is 57.5. The van der Waals surface area contributed by atoms with Gasteiger partial charge in [-0.1, -0.05) is 26.0 Å². The van der Waals surface area contributed by atoms with Gasteiger partial charge < -0.3 is 134 Å². The van der Waals surface area contributed by atoms with Gasteiger partial charge in [-0.25, -0.2) is 0 Å². The van der Waals surface area contributed by atoms with Crippen LogP contribution in [0, 0.1) is 5.92 Å². The van der Waals surface area contributed by atoms with Crippen LogP contribution in [0.25, 0.3) is 0 Å². The van der Waals surface area contributed by atoms with Crippen molar-refractivity contribution in [2.75, 3.05) is 32.1 Å². The van der Waals surface area contributed by atoms with Crippen LogP contribution >= 0.6 is 12.6 Å². The van der Waals surface area contributed by atoms with Crippen LogP contribution < -0.4 is 109 Å². The van der Waals surface area contributed by atoms with Crippen LogP contribution in [0.5, 0.6) is 5.75 Å². The summed E-state index contributed by atoms with van der Waals surface area (Å²) in [5, 5.41) is 79.6. The highest BCUT2D eigenvalue weighted by Gasteiger charge is 2.38. The highest BCUT2D eigenvalue weighted by molar-refractivity contribution is 7.80. The number of thiol groups is 1. The van der Waals surface area contributed by atoms with Crippen LogP contribution in [0.2, 0.25) is 0 Å². The number of aliphatic carboxylic acids is 1. The van der Waals surface area contributed by atoms with E-state index in [4.69, 9.17) is 39.5 Å². The summed E-state index contributed by atoms with van der Waals surface area (Å²) in [6.45, 7) is 0.170. The molecule has 0 aliphatic rings. The van der Waals surface area contributed by atoms with Gasteiger partial charge >= 0.3 is 5.97 Å². The molecule has 31 N–H and O–H groups in total. The van der Waals surface area contributed by atoms with E-state index in [0.29, 0.717) is 5.56 Å². The molecule has 0 spiro atoms. The first kappa shape index (κ1) is 92.1. The minimum Gasteiger partial charge on any atom is -0.508 e. The Morgan fingerprint density at radius 2 is 0.736 bits per heavy atom. The molecule has 0 fully saturated rings. The molecule has 0 saturated heterocycles. The Labute approximate surface area is 607 Å². The molecule has 588 valence electrons. The molecule has 0 aliphatic heterocycles. The molecule has 46 nitrogen and oxygen atoms in total. The minimum absolute atomic E-state index is 0.191. The molecular weight excluding hydrogens is 1440 g/mol. The highest BCUT2D eigenvalue weighted by atomic mass is 32.1. The number of carboxylic acids is 1. The number of primary amides is 6. The summed E-state index contributed by atoms with van der Waals surface area (Å²) < 4.78 is 0. The molecule has 20 amide bonds. The van der Waals surface area contributed by atoms with Gasteiger partial charge in [0.25, 0.3) is 0 Å². The molecule has 0 bridgehead atoms. The highest BCUT2D eigenvalue weighted by Crippen LogP contribution is 2.13. The van der Waals surface area contributed by atoms with Gasteiger partial charge in [-0.3, -0.25) is 101 Å². The molecule has 0 heterocycles. The molecule has 106 heavy (non-hydrogen) atoms. The zero-order valence-corrected chi connectivity index (χ0v) is 58.4. The Hall–Kier alpha value is -11.9. The second-order valence-corrected chi connectivity index (χ2v) is 24.1. The van der Waals surface area contributed by atoms with Crippen molar-refractivity contribution in [1.82, 2.24) is 74.4 Å². The Balaban J connectivity index is 3.45. The maximum absolute atomic E-state index is 14.0. The number of nitrogens with two attached hydrogens (primary N) is 6. The number of carbonyl (C=O) groups excluding carboxylic acids is 20. The smallest absolute Gasteiger partial charge is 0.305 e. The second-order valence-electron chi connectivity index (χ2n) is 23.8. The lowest BCUT2D eigenvalue weighted by atomic mass is 10.0. The number of hydrogen-bond acceptors (Lipinski definition) is 26.